The molecule has 0 aliphatic heterocycles. The first-order valence-electron chi connectivity index (χ1n) is 10.9. The Morgan fingerprint density at radius 1 is 1.15 bits per heavy atom. The highest BCUT2D eigenvalue weighted by molar-refractivity contribution is 5.88. The highest BCUT2D eigenvalue weighted by Gasteiger charge is 2.54. The SMILES string of the molecule is CCCCNc1nc2ccccc2n1CC(=O)C12CC3CC(CC(C3)C1)C2. The minimum absolute atomic E-state index is 0.0409. The molecule has 1 N–H and O–H groups in total. The number of nitrogens with one attached hydrogen (secondary N) is 1. The molecule has 2 aromatic rings. The number of benzene rings is 1. The Hall–Kier alpha value is -1.84. The zero-order valence-corrected chi connectivity index (χ0v) is 16.4. The van der Waals surface area contributed by atoms with Crippen LogP contribution in [0.1, 0.15) is 58.3 Å². The molecule has 4 nitrogen and oxygen atoms in total. The first kappa shape index (κ1) is 17.3. The Morgan fingerprint density at radius 2 is 1.81 bits per heavy atom. The van der Waals surface area contributed by atoms with Gasteiger partial charge in [-0.3, -0.25) is 4.79 Å². The van der Waals surface area contributed by atoms with E-state index < -0.39 is 0 Å². The first-order valence-corrected chi connectivity index (χ1v) is 10.9. The Bertz CT molecular complexity index is 817. The van der Waals surface area contributed by atoms with Crippen LogP contribution in [0.3, 0.4) is 0 Å². The van der Waals surface area contributed by atoms with Gasteiger partial charge in [0.05, 0.1) is 17.6 Å². The molecular formula is C23H31N3O. The number of para-hydroxylation sites is 2. The number of aromatic nitrogens is 2. The molecule has 0 spiro atoms. The number of carbonyl (C=O) groups excluding carboxylic acids is 1. The summed E-state index contributed by atoms with van der Waals surface area (Å²) in [5.41, 5.74) is 2.02. The second kappa shape index (κ2) is 6.65. The zero-order valence-electron chi connectivity index (χ0n) is 16.4. The number of nitrogens with zero attached hydrogens (tertiary/aromatic N) is 2. The van der Waals surface area contributed by atoms with Crippen molar-refractivity contribution in [2.45, 2.75) is 64.8 Å². The van der Waals surface area contributed by atoms with Gasteiger partial charge >= 0.3 is 0 Å². The molecule has 1 aromatic heterocycles. The van der Waals surface area contributed by atoms with Crippen molar-refractivity contribution in [2.75, 3.05) is 11.9 Å². The predicted octanol–water partition coefficient (Wildman–Crippen LogP) is 5.03. The van der Waals surface area contributed by atoms with Crippen molar-refractivity contribution in [2.24, 2.45) is 23.2 Å². The molecule has 4 aliphatic rings. The minimum Gasteiger partial charge on any atom is -0.356 e. The van der Waals surface area contributed by atoms with E-state index in [2.05, 4.69) is 22.9 Å². The third-order valence-electron chi connectivity index (χ3n) is 7.40. The Kier molecular flexibility index (Phi) is 4.25. The van der Waals surface area contributed by atoms with E-state index in [9.17, 15) is 4.79 Å². The fraction of sp³-hybridized carbons (Fsp3) is 0.652. The van der Waals surface area contributed by atoms with E-state index >= 15 is 0 Å². The van der Waals surface area contributed by atoms with Crippen molar-refractivity contribution in [3.8, 4) is 0 Å². The number of imidazole rings is 1. The highest BCUT2D eigenvalue weighted by atomic mass is 16.1. The quantitative estimate of drug-likeness (QED) is 0.700. The Morgan fingerprint density at radius 3 is 2.48 bits per heavy atom. The monoisotopic (exact) mass is 365 g/mol. The van der Waals surface area contributed by atoms with Gasteiger partial charge < -0.3 is 9.88 Å². The fourth-order valence-electron chi connectivity index (χ4n) is 6.51. The molecule has 27 heavy (non-hydrogen) atoms. The summed E-state index contributed by atoms with van der Waals surface area (Å²) in [6.07, 6.45) is 9.83. The van der Waals surface area contributed by atoms with Crippen LogP contribution < -0.4 is 5.32 Å². The van der Waals surface area contributed by atoms with Crippen molar-refractivity contribution >= 4 is 22.8 Å². The van der Waals surface area contributed by atoms with Gasteiger partial charge in [-0.15, -0.1) is 0 Å². The summed E-state index contributed by atoms with van der Waals surface area (Å²) in [7, 11) is 0. The number of Topliss-reactive ketones (excluding diaryl/α,β-unsaturated/α-hetero) is 1. The molecule has 1 heterocycles. The molecule has 4 fully saturated rings. The molecule has 1 aromatic carbocycles. The molecule has 4 bridgehead atoms. The van der Waals surface area contributed by atoms with Crippen LogP contribution >= 0.6 is 0 Å². The summed E-state index contributed by atoms with van der Waals surface area (Å²) in [4.78, 5) is 18.4. The number of anilines is 1. The van der Waals surface area contributed by atoms with Crippen LogP contribution in [0, 0.1) is 23.2 Å². The van der Waals surface area contributed by atoms with Crippen molar-refractivity contribution in [1.29, 1.82) is 0 Å². The third-order valence-corrected chi connectivity index (χ3v) is 7.40. The van der Waals surface area contributed by atoms with E-state index in [0.717, 1.165) is 73.4 Å². The van der Waals surface area contributed by atoms with E-state index in [-0.39, 0.29) is 5.41 Å². The molecule has 144 valence electrons. The maximum Gasteiger partial charge on any atom is 0.204 e. The molecule has 4 aliphatic carbocycles. The van der Waals surface area contributed by atoms with Gasteiger partial charge in [0.15, 0.2) is 5.78 Å². The third kappa shape index (κ3) is 2.97. The van der Waals surface area contributed by atoms with Crippen molar-refractivity contribution in [3.63, 3.8) is 0 Å². The first-order chi connectivity index (χ1) is 13.2. The number of fused-ring (bicyclic) bond motifs is 1. The van der Waals surface area contributed by atoms with E-state index in [1.165, 1.54) is 19.3 Å². The number of ketones is 1. The number of unbranched alkanes of at least 4 members (excludes halogenated alkanes) is 1. The molecule has 4 saturated carbocycles. The van der Waals surface area contributed by atoms with Crippen molar-refractivity contribution < 1.29 is 4.79 Å². The number of hydrogen-bond acceptors (Lipinski definition) is 3. The van der Waals surface area contributed by atoms with Gasteiger partial charge in [0, 0.05) is 12.0 Å². The summed E-state index contributed by atoms with van der Waals surface area (Å²) in [5.74, 6) is 3.75. The van der Waals surface area contributed by atoms with Gasteiger partial charge in [-0.05, 0) is 74.8 Å². The zero-order chi connectivity index (χ0) is 18.4. The predicted molar refractivity (Wildman–Crippen MR) is 109 cm³/mol. The number of hydrogen-bond donors (Lipinski definition) is 1. The molecule has 0 amide bonds. The minimum atomic E-state index is -0.0409. The van der Waals surface area contributed by atoms with Gasteiger partial charge in [0.2, 0.25) is 5.95 Å². The molecule has 0 atom stereocenters. The van der Waals surface area contributed by atoms with Crippen LogP contribution in [0.2, 0.25) is 0 Å². The molecule has 4 heteroatoms. The molecule has 6 rings (SSSR count). The molecule has 0 radical (unpaired) electrons. The lowest BCUT2D eigenvalue weighted by atomic mass is 9.48. The lowest BCUT2D eigenvalue weighted by Gasteiger charge is -2.56. The topological polar surface area (TPSA) is 46.9 Å². The van der Waals surface area contributed by atoms with E-state index in [0.29, 0.717) is 12.3 Å². The average molecular weight is 366 g/mol. The Balaban J connectivity index is 1.43. The van der Waals surface area contributed by atoms with Crippen LogP contribution in [-0.2, 0) is 11.3 Å². The maximum absolute atomic E-state index is 13.6. The summed E-state index contributed by atoms with van der Waals surface area (Å²) in [5, 5.41) is 3.48. The van der Waals surface area contributed by atoms with Gasteiger partial charge in [0.1, 0.15) is 0 Å². The standard InChI is InChI=1S/C23H31N3O/c1-2-3-8-24-22-25-19-6-4-5-7-20(19)26(22)15-21(27)23-12-16-9-17(13-23)11-18(10-16)14-23/h4-7,16-18H,2-3,8-15H2,1H3,(H,24,25). The lowest BCUT2D eigenvalue weighted by Crippen LogP contribution is -2.50. The van der Waals surface area contributed by atoms with E-state index in [4.69, 9.17) is 4.98 Å². The number of rotatable bonds is 7. The van der Waals surface area contributed by atoms with Gasteiger partial charge in [-0.1, -0.05) is 25.5 Å². The smallest absolute Gasteiger partial charge is 0.204 e. The van der Waals surface area contributed by atoms with Gasteiger partial charge in [-0.2, -0.15) is 0 Å². The van der Waals surface area contributed by atoms with Crippen LogP contribution in [-0.4, -0.2) is 21.9 Å². The van der Waals surface area contributed by atoms with Crippen LogP contribution in [0.15, 0.2) is 24.3 Å². The summed E-state index contributed by atoms with van der Waals surface area (Å²) in [6, 6.07) is 8.22. The molecule has 0 saturated heterocycles. The normalized spacial score (nSPS) is 31.5. The summed E-state index contributed by atoms with van der Waals surface area (Å²) < 4.78 is 2.14. The van der Waals surface area contributed by atoms with Crippen molar-refractivity contribution in [1.82, 2.24) is 9.55 Å². The average Bonchev–Trinajstić information content (AvgIpc) is 2.98. The maximum atomic E-state index is 13.6. The van der Waals surface area contributed by atoms with Crippen LogP contribution in [0.25, 0.3) is 11.0 Å². The summed E-state index contributed by atoms with van der Waals surface area (Å²) >= 11 is 0. The molecular weight excluding hydrogens is 334 g/mol. The fourth-order valence-corrected chi connectivity index (χ4v) is 6.51. The largest absolute Gasteiger partial charge is 0.356 e. The highest BCUT2D eigenvalue weighted by Crippen LogP contribution is 2.60. The van der Waals surface area contributed by atoms with Gasteiger partial charge in [0.25, 0.3) is 0 Å². The van der Waals surface area contributed by atoms with Crippen LogP contribution in [0.4, 0.5) is 5.95 Å². The van der Waals surface area contributed by atoms with Crippen LogP contribution in [0.5, 0.6) is 0 Å². The second-order valence-corrected chi connectivity index (χ2v) is 9.41. The molecule has 0 unspecified atom stereocenters. The number of carbonyl (C=O) groups is 1. The summed E-state index contributed by atoms with van der Waals surface area (Å²) in [6.45, 7) is 3.58. The lowest BCUT2D eigenvalue weighted by molar-refractivity contribution is -0.144. The van der Waals surface area contributed by atoms with Gasteiger partial charge in [-0.25, -0.2) is 4.98 Å². The second-order valence-electron chi connectivity index (χ2n) is 9.41. The Labute approximate surface area is 161 Å². The van der Waals surface area contributed by atoms with E-state index in [1.807, 2.05) is 18.2 Å². The van der Waals surface area contributed by atoms with Crippen molar-refractivity contribution in [3.05, 3.63) is 24.3 Å². The van der Waals surface area contributed by atoms with E-state index in [1.54, 1.807) is 0 Å².